The standard InChI is InChI=1S/C18H19F2NO3/c1-12(15-6-4-5-7-16(15)23-3)21(2)17(22)13-8-10-14(11-9-13)24-18(19)20/h4-12,18H,1-3H3. The number of ether oxygens (including phenoxy) is 2. The summed E-state index contributed by atoms with van der Waals surface area (Å²) >= 11 is 0. The Hall–Kier alpha value is -2.63. The zero-order valence-electron chi connectivity index (χ0n) is 13.7. The van der Waals surface area contributed by atoms with E-state index >= 15 is 0 Å². The van der Waals surface area contributed by atoms with Crippen LogP contribution in [0.25, 0.3) is 0 Å². The van der Waals surface area contributed by atoms with Crippen LogP contribution in [0.2, 0.25) is 0 Å². The van der Waals surface area contributed by atoms with E-state index < -0.39 is 6.61 Å². The van der Waals surface area contributed by atoms with Gasteiger partial charge in [0, 0.05) is 18.2 Å². The number of carbonyl (C=O) groups is 1. The molecule has 0 aromatic heterocycles. The molecule has 24 heavy (non-hydrogen) atoms. The molecule has 1 unspecified atom stereocenters. The Morgan fingerprint density at radius 1 is 1.08 bits per heavy atom. The molecule has 2 aromatic carbocycles. The number of halogens is 2. The first kappa shape index (κ1) is 17.7. The number of carbonyl (C=O) groups excluding carboxylic acids is 1. The van der Waals surface area contributed by atoms with Gasteiger partial charge in [-0.25, -0.2) is 0 Å². The molecule has 0 spiro atoms. The van der Waals surface area contributed by atoms with Gasteiger partial charge in [0.2, 0.25) is 0 Å². The lowest BCUT2D eigenvalue weighted by molar-refractivity contribution is -0.0498. The summed E-state index contributed by atoms with van der Waals surface area (Å²) in [4.78, 5) is 14.2. The van der Waals surface area contributed by atoms with Crippen LogP contribution in [-0.2, 0) is 0 Å². The summed E-state index contributed by atoms with van der Waals surface area (Å²) < 4.78 is 33.9. The molecule has 0 radical (unpaired) electrons. The van der Waals surface area contributed by atoms with E-state index in [0.717, 1.165) is 5.56 Å². The van der Waals surface area contributed by atoms with E-state index in [0.29, 0.717) is 11.3 Å². The number of nitrogens with zero attached hydrogens (tertiary/aromatic N) is 1. The highest BCUT2D eigenvalue weighted by molar-refractivity contribution is 5.94. The minimum atomic E-state index is -2.89. The van der Waals surface area contributed by atoms with Gasteiger partial charge in [0.1, 0.15) is 11.5 Å². The molecule has 0 heterocycles. The number of para-hydroxylation sites is 1. The van der Waals surface area contributed by atoms with Crippen molar-refractivity contribution in [1.82, 2.24) is 4.90 Å². The molecule has 0 N–H and O–H groups in total. The highest BCUT2D eigenvalue weighted by Gasteiger charge is 2.21. The SMILES string of the molecule is COc1ccccc1C(C)N(C)C(=O)c1ccc(OC(F)F)cc1. The predicted molar refractivity (Wildman–Crippen MR) is 86.6 cm³/mol. The zero-order valence-corrected chi connectivity index (χ0v) is 13.7. The maximum Gasteiger partial charge on any atom is 0.387 e. The molecule has 6 heteroatoms. The molecule has 0 saturated heterocycles. The van der Waals surface area contributed by atoms with E-state index in [4.69, 9.17) is 4.74 Å². The van der Waals surface area contributed by atoms with Crippen LogP contribution in [0.3, 0.4) is 0 Å². The summed E-state index contributed by atoms with van der Waals surface area (Å²) in [5.41, 5.74) is 1.27. The lowest BCUT2D eigenvalue weighted by atomic mass is 10.0. The third kappa shape index (κ3) is 4.01. The summed E-state index contributed by atoms with van der Waals surface area (Å²) in [5.74, 6) is 0.490. The van der Waals surface area contributed by atoms with Crippen LogP contribution >= 0.6 is 0 Å². The lowest BCUT2D eigenvalue weighted by Gasteiger charge is -2.26. The minimum Gasteiger partial charge on any atom is -0.496 e. The van der Waals surface area contributed by atoms with E-state index in [2.05, 4.69) is 4.74 Å². The molecule has 0 bridgehead atoms. The van der Waals surface area contributed by atoms with Crippen LogP contribution in [0.1, 0.15) is 28.9 Å². The second kappa shape index (κ2) is 7.77. The van der Waals surface area contributed by atoms with Gasteiger partial charge in [0.05, 0.1) is 13.2 Å². The molecule has 0 aliphatic carbocycles. The molecular formula is C18H19F2NO3. The fourth-order valence-corrected chi connectivity index (χ4v) is 2.38. The molecule has 1 amide bonds. The topological polar surface area (TPSA) is 38.8 Å². The van der Waals surface area contributed by atoms with Crippen molar-refractivity contribution in [2.24, 2.45) is 0 Å². The largest absolute Gasteiger partial charge is 0.496 e. The maximum absolute atomic E-state index is 12.6. The number of alkyl halides is 2. The van der Waals surface area contributed by atoms with Crippen molar-refractivity contribution in [2.75, 3.05) is 14.2 Å². The van der Waals surface area contributed by atoms with Crippen molar-refractivity contribution >= 4 is 5.91 Å². The van der Waals surface area contributed by atoms with Crippen molar-refractivity contribution in [2.45, 2.75) is 19.6 Å². The minimum absolute atomic E-state index is 0.0157. The predicted octanol–water partition coefficient (Wildman–Crippen LogP) is 4.13. The summed E-state index contributed by atoms with van der Waals surface area (Å²) in [6, 6.07) is 12.9. The average molecular weight is 335 g/mol. The van der Waals surface area contributed by atoms with Crippen molar-refractivity contribution in [3.8, 4) is 11.5 Å². The molecule has 4 nitrogen and oxygen atoms in total. The molecular weight excluding hydrogens is 316 g/mol. The van der Waals surface area contributed by atoms with Crippen LogP contribution in [0.4, 0.5) is 8.78 Å². The van der Waals surface area contributed by atoms with E-state index in [1.54, 1.807) is 19.1 Å². The number of hydrogen-bond acceptors (Lipinski definition) is 3. The summed E-state index contributed by atoms with van der Waals surface area (Å²) in [7, 11) is 3.26. The van der Waals surface area contributed by atoms with Crippen molar-refractivity contribution < 1.29 is 23.0 Å². The zero-order chi connectivity index (χ0) is 17.7. The van der Waals surface area contributed by atoms with Gasteiger partial charge < -0.3 is 14.4 Å². The molecule has 2 aromatic rings. The van der Waals surface area contributed by atoms with Gasteiger partial charge in [-0.05, 0) is 37.3 Å². The maximum atomic E-state index is 12.6. The van der Waals surface area contributed by atoms with Gasteiger partial charge in [-0.2, -0.15) is 8.78 Å². The quantitative estimate of drug-likeness (QED) is 0.797. The summed E-state index contributed by atoms with van der Waals surface area (Å²) in [5, 5.41) is 0. The third-order valence-electron chi connectivity index (χ3n) is 3.82. The van der Waals surface area contributed by atoms with E-state index in [1.807, 2.05) is 31.2 Å². The Bertz CT molecular complexity index is 689. The molecule has 0 fully saturated rings. The normalized spacial score (nSPS) is 11.9. The molecule has 1 atom stereocenters. The van der Waals surface area contributed by atoms with Gasteiger partial charge in [0.25, 0.3) is 5.91 Å². The molecule has 2 rings (SSSR count). The van der Waals surface area contributed by atoms with E-state index in [1.165, 1.54) is 24.3 Å². The molecule has 128 valence electrons. The lowest BCUT2D eigenvalue weighted by Crippen LogP contribution is -2.29. The number of rotatable bonds is 6. The fourth-order valence-electron chi connectivity index (χ4n) is 2.38. The van der Waals surface area contributed by atoms with Gasteiger partial charge in [-0.15, -0.1) is 0 Å². The molecule has 0 aliphatic heterocycles. The van der Waals surface area contributed by atoms with Crippen molar-refractivity contribution in [3.05, 3.63) is 59.7 Å². The number of benzene rings is 2. The first-order valence-corrected chi connectivity index (χ1v) is 7.39. The fraction of sp³-hybridized carbons (Fsp3) is 0.278. The average Bonchev–Trinajstić information content (AvgIpc) is 2.60. The van der Waals surface area contributed by atoms with Crippen LogP contribution in [-0.4, -0.2) is 31.6 Å². The number of amides is 1. The van der Waals surface area contributed by atoms with Crippen LogP contribution in [0.5, 0.6) is 11.5 Å². The van der Waals surface area contributed by atoms with E-state index in [9.17, 15) is 13.6 Å². The Kier molecular flexibility index (Phi) is 5.73. The first-order valence-electron chi connectivity index (χ1n) is 7.39. The van der Waals surface area contributed by atoms with Crippen LogP contribution < -0.4 is 9.47 Å². The van der Waals surface area contributed by atoms with Gasteiger partial charge in [-0.1, -0.05) is 18.2 Å². The Morgan fingerprint density at radius 2 is 1.71 bits per heavy atom. The van der Waals surface area contributed by atoms with E-state index in [-0.39, 0.29) is 17.7 Å². The monoisotopic (exact) mass is 335 g/mol. The second-order valence-electron chi connectivity index (χ2n) is 5.24. The summed E-state index contributed by atoms with van der Waals surface area (Å²) in [6.45, 7) is -0.996. The molecule has 0 aliphatic rings. The number of methoxy groups -OCH3 is 1. The van der Waals surface area contributed by atoms with Gasteiger partial charge >= 0.3 is 6.61 Å². The highest BCUT2D eigenvalue weighted by atomic mass is 19.3. The highest BCUT2D eigenvalue weighted by Crippen LogP contribution is 2.29. The summed E-state index contributed by atoms with van der Waals surface area (Å²) in [6.07, 6.45) is 0. The number of hydrogen-bond donors (Lipinski definition) is 0. The van der Waals surface area contributed by atoms with Crippen molar-refractivity contribution in [1.29, 1.82) is 0 Å². The second-order valence-corrected chi connectivity index (χ2v) is 5.24. The Labute approximate surface area is 139 Å². The Balaban J connectivity index is 2.16. The van der Waals surface area contributed by atoms with Crippen molar-refractivity contribution in [3.63, 3.8) is 0 Å². The van der Waals surface area contributed by atoms with Crippen LogP contribution in [0, 0.1) is 0 Å². The van der Waals surface area contributed by atoms with Crippen LogP contribution in [0.15, 0.2) is 48.5 Å². The Morgan fingerprint density at radius 3 is 2.29 bits per heavy atom. The molecule has 0 saturated carbocycles. The first-order chi connectivity index (χ1) is 11.4. The third-order valence-corrected chi connectivity index (χ3v) is 3.82. The smallest absolute Gasteiger partial charge is 0.387 e. The van der Waals surface area contributed by atoms with Gasteiger partial charge in [-0.3, -0.25) is 4.79 Å². The van der Waals surface area contributed by atoms with Gasteiger partial charge in [0.15, 0.2) is 0 Å².